The predicted octanol–water partition coefficient (Wildman–Crippen LogP) is 2.10. The molecule has 0 unspecified atom stereocenters. The highest BCUT2D eigenvalue weighted by Gasteiger charge is 2.05. The first-order valence-corrected chi connectivity index (χ1v) is 6.25. The lowest BCUT2D eigenvalue weighted by Crippen LogP contribution is -2.26. The van der Waals surface area contributed by atoms with Crippen LogP contribution in [-0.2, 0) is 6.42 Å². The standard InChI is InChI=1S/C15H17N3O/c1-16-13-7-8-14(18-11-13)15(19)17-10-9-12-5-3-2-4-6-12/h2-8,11,16H,9-10H2,1H3,(H,17,19). The Labute approximate surface area is 112 Å². The maximum atomic E-state index is 11.8. The quantitative estimate of drug-likeness (QED) is 0.860. The summed E-state index contributed by atoms with van der Waals surface area (Å²) in [7, 11) is 1.82. The number of hydrogen-bond acceptors (Lipinski definition) is 3. The minimum absolute atomic E-state index is 0.140. The molecule has 0 aliphatic carbocycles. The number of carbonyl (C=O) groups is 1. The smallest absolute Gasteiger partial charge is 0.269 e. The average Bonchev–Trinajstić information content (AvgIpc) is 2.48. The highest BCUT2D eigenvalue weighted by Crippen LogP contribution is 2.04. The van der Waals surface area contributed by atoms with Crippen LogP contribution in [0.2, 0.25) is 0 Å². The number of carbonyl (C=O) groups excluding carboxylic acids is 1. The lowest BCUT2D eigenvalue weighted by molar-refractivity contribution is 0.0949. The van der Waals surface area contributed by atoms with Gasteiger partial charge in [-0.05, 0) is 24.1 Å². The van der Waals surface area contributed by atoms with Crippen molar-refractivity contribution in [1.29, 1.82) is 0 Å². The van der Waals surface area contributed by atoms with Crippen molar-refractivity contribution in [2.75, 3.05) is 18.9 Å². The molecule has 2 aromatic rings. The fraction of sp³-hybridized carbons (Fsp3) is 0.200. The third-order valence-corrected chi connectivity index (χ3v) is 2.83. The van der Waals surface area contributed by atoms with Crippen LogP contribution >= 0.6 is 0 Å². The second-order valence-electron chi connectivity index (χ2n) is 4.17. The van der Waals surface area contributed by atoms with Gasteiger partial charge < -0.3 is 10.6 Å². The molecule has 0 atom stereocenters. The van der Waals surface area contributed by atoms with Gasteiger partial charge in [0, 0.05) is 13.6 Å². The van der Waals surface area contributed by atoms with E-state index < -0.39 is 0 Å². The Kier molecular flexibility index (Phi) is 4.50. The van der Waals surface area contributed by atoms with Gasteiger partial charge in [-0.2, -0.15) is 0 Å². The summed E-state index contributed by atoms with van der Waals surface area (Å²) in [6.07, 6.45) is 2.47. The number of rotatable bonds is 5. The Balaban J connectivity index is 1.84. The van der Waals surface area contributed by atoms with E-state index in [1.165, 1.54) is 5.56 Å². The van der Waals surface area contributed by atoms with E-state index in [-0.39, 0.29) is 5.91 Å². The van der Waals surface area contributed by atoms with Gasteiger partial charge >= 0.3 is 0 Å². The Bertz CT molecular complexity index is 523. The highest BCUT2D eigenvalue weighted by atomic mass is 16.1. The van der Waals surface area contributed by atoms with Gasteiger partial charge in [-0.1, -0.05) is 30.3 Å². The van der Waals surface area contributed by atoms with Crippen molar-refractivity contribution >= 4 is 11.6 Å². The molecule has 2 N–H and O–H groups in total. The van der Waals surface area contributed by atoms with E-state index in [9.17, 15) is 4.79 Å². The molecule has 0 aliphatic rings. The zero-order valence-corrected chi connectivity index (χ0v) is 10.9. The number of benzene rings is 1. The molecule has 0 bridgehead atoms. The predicted molar refractivity (Wildman–Crippen MR) is 76.3 cm³/mol. The topological polar surface area (TPSA) is 54.0 Å². The summed E-state index contributed by atoms with van der Waals surface area (Å²) >= 11 is 0. The first-order valence-electron chi connectivity index (χ1n) is 6.25. The maximum Gasteiger partial charge on any atom is 0.269 e. The number of aromatic nitrogens is 1. The minimum Gasteiger partial charge on any atom is -0.387 e. The number of anilines is 1. The lowest BCUT2D eigenvalue weighted by Gasteiger charge is -2.05. The highest BCUT2D eigenvalue weighted by molar-refractivity contribution is 5.92. The molecule has 0 spiro atoms. The second kappa shape index (κ2) is 6.54. The van der Waals surface area contributed by atoms with Crippen molar-refractivity contribution < 1.29 is 4.79 Å². The molecule has 2 rings (SSSR count). The molecular formula is C15H17N3O. The molecular weight excluding hydrogens is 238 g/mol. The van der Waals surface area contributed by atoms with Gasteiger partial charge in [-0.3, -0.25) is 4.79 Å². The van der Waals surface area contributed by atoms with Crippen molar-refractivity contribution in [1.82, 2.24) is 10.3 Å². The molecule has 98 valence electrons. The maximum absolute atomic E-state index is 11.8. The van der Waals surface area contributed by atoms with Crippen molar-refractivity contribution in [2.45, 2.75) is 6.42 Å². The zero-order valence-electron chi connectivity index (χ0n) is 10.9. The number of pyridine rings is 1. The monoisotopic (exact) mass is 255 g/mol. The summed E-state index contributed by atoms with van der Waals surface area (Å²) in [6.45, 7) is 0.609. The Morgan fingerprint density at radius 1 is 1.16 bits per heavy atom. The molecule has 4 heteroatoms. The normalized spacial score (nSPS) is 9.95. The van der Waals surface area contributed by atoms with Crippen molar-refractivity contribution in [2.24, 2.45) is 0 Å². The summed E-state index contributed by atoms with van der Waals surface area (Å²) < 4.78 is 0. The van der Waals surface area contributed by atoms with Gasteiger partial charge in [0.15, 0.2) is 0 Å². The van der Waals surface area contributed by atoms with Gasteiger partial charge in [-0.15, -0.1) is 0 Å². The SMILES string of the molecule is CNc1ccc(C(=O)NCCc2ccccc2)nc1. The second-order valence-corrected chi connectivity index (χ2v) is 4.17. The van der Waals surface area contributed by atoms with E-state index in [1.54, 1.807) is 12.3 Å². The van der Waals surface area contributed by atoms with Crippen LogP contribution < -0.4 is 10.6 Å². The minimum atomic E-state index is -0.140. The Morgan fingerprint density at radius 3 is 2.58 bits per heavy atom. The molecule has 1 aromatic carbocycles. The average molecular weight is 255 g/mol. The van der Waals surface area contributed by atoms with Crippen molar-refractivity contribution in [3.8, 4) is 0 Å². The number of amides is 1. The van der Waals surface area contributed by atoms with Crippen LogP contribution in [-0.4, -0.2) is 24.5 Å². The number of nitrogens with one attached hydrogen (secondary N) is 2. The van der Waals surface area contributed by atoms with Gasteiger partial charge in [-0.25, -0.2) is 4.98 Å². The van der Waals surface area contributed by atoms with Crippen LogP contribution in [0.25, 0.3) is 0 Å². The summed E-state index contributed by atoms with van der Waals surface area (Å²) in [6, 6.07) is 13.6. The lowest BCUT2D eigenvalue weighted by atomic mass is 10.1. The van der Waals surface area contributed by atoms with E-state index >= 15 is 0 Å². The molecule has 4 nitrogen and oxygen atoms in total. The van der Waals surface area contributed by atoms with Crippen LogP contribution in [0, 0.1) is 0 Å². The van der Waals surface area contributed by atoms with Gasteiger partial charge in [0.05, 0.1) is 11.9 Å². The fourth-order valence-corrected chi connectivity index (χ4v) is 1.73. The van der Waals surface area contributed by atoms with E-state index in [4.69, 9.17) is 0 Å². The molecule has 0 fully saturated rings. The third-order valence-electron chi connectivity index (χ3n) is 2.83. The number of nitrogens with zero attached hydrogens (tertiary/aromatic N) is 1. The van der Waals surface area contributed by atoms with Crippen LogP contribution in [0.4, 0.5) is 5.69 Å². The van der Waals surface area contributed by atoms with Crippen LogP contribution in [0.15, 0.2) is 48.7 Å². The molecule has 0 saturated heterocycles. The van der Waals surface area contributed by atoms with E-state index in [0.717, 1.165) is 12.1 Å². The summed E-state index contributed by atoms with van der Waals surface area (Å²) in [5, 5.41) is 5.83. The molecule has 0 saturated carbocycles. The van der Waals surface area contributed by atoms with Crippen molar-refractivity contribution in [3.05, 3.63) is 59.9 Å². The first kappa shape index (κ1) is 13.1. The van der Waals surface area contributed by atoms with Gasteiger partial charge in [0.1, 0.15) is 5.69 Å². The summed E-state index contributed by atoms with van der Waals surface area (Å²) in [4.78, 5) is 15.9. The first-order chi connectivity index (χ1) is 9.29. The Hall–Kier alpha value is -2.36. The van der Waals surface area contributed by atoms with Gasteiger partial charge in [0.2, 0.25) is 0 Å². The van der Waals surface area contributed by atoms with E-state index in [0.29, 0.717) is 12.2 Å². The third kappa shape index (κ3) is 3.81. The van der Waals surface area contributed by atoms with Crippen LogP contribution in [0.3, 0.4) is 0 Å². The molecule has 19 heavy (non-hydrogen) atoms. The summed E-state index contributed by atoms with van der Waals surface area (Å²) in [5.74, 6) is -0.140. The van der Waals surface area contributed by atoms with Gasteiger partial charge in [0.25, 0.3) is 5.91 Å². The molecule has 1 heterocycles. The fourth-order valence-electron chi connectivity index (χ4n) is 1.73. The van der Waals surface area contributed by atoms with E-state index in [1.807, 2.05) is 43.4 Å². The van der Waals surface area contributed by atoms with Crippen LogP contribution in [0.1, 0.15) is 16.1 Å². The van der Waals surface area contributed by atoms with Crippen LogP contribution in [0.5, 0.6) is 0 Å². The molecule has 0 radical (unpaired) electrons. The summed E-state index contributed by atoms with van der Waals surface area (Å²) in [5.41, 5.74) is 2.54. The number of hydrogen-bond donors (Lipinski definition) is 2. The molecule has 1 aromatic heterocycles. The molecule has 0 aliphatic heterocycles. The Morgan fingerprint density at radius 2 is 1.95 bits per heavy atom. The molecule has 1 amide bonds. The zero-order chi connectivity index (χ0) is 13.5. The van der Waals surface area contributed by atoms with E-state index in [2.05, 4.69) is 15.6 Å². The largest absolute Gasteiger partial charge is 0.387 e. The van der Waals surface area contributed by atoms with Crippen molar-refractivity contribution in [3.63, 3.8) is 0 Å².